The van der Waals surface area contributed by atoms with Gasteiger partial charge in [0, 0.05) is 12.3 Å². The molecule has 2 amide bonds. The summed E-state index contributed by atoms with van der Waals surface area (Å²) < 4.78 is 56.1. The number of aliphatic carboxylic acids is 1. The number of hydrogen-bond acceptors (Lipinski definition) is 4. The van der Waals surface area contributed by atoms with E-state index in [1.807, 2.05) is 48.5 Å². The standard InChI is InChI=1S/C23H22F4N2O5/c24-21(25)23(26,27)12-28-20(32)18(9-10-19(30)31)29-22(33)34-11-17-15-7-3-1-5-13(15)14-6-2-4-8-16(14)17/h1-8,17-18,21H,9-12H2,(H,28,32)(H,29,33)(H,30,31). The van der Waals surface area contributed by atoms with Crippen molar-refractivity contribution < 1.29 is 41.8 Å². The van der Waals surface area contributed by atoms with Gasteiger partial charge >= 0.3 is 24.4 Å². The van der Waals surface area contributed by atoms with Crippen molar-refractivity contribution in [1.82, 2.24) is 10.6 Å². The molecule has 34 heavy (non-hydrogen) atoms. The minimum Gasteiger partial charge on any atom is -0.481 e. The molecular weight excluding hydrogens is 460 g/mol. The quantitative estimate of drug-likeness (QED) is 0.447. The van der Waals surface area contributed by atoms with E-state index >= 15 is 0 Å². The van der Waals surface area contributed by atoms with Gasteiger partial charge in [0.25, 0.3) is 0 Å². The van der Waals surface area contributed by atoms with Crippen LogP contribution in [0.2, 0.25) is 0 Å². The molecule has 3 N–H and O–H groups in total. The fraction of sp³-hybridized carbons (Fsp3) is 0.348. The van der Waals surface area contributed by atoms with Crippen LogP contribution in [0.15, 0.2) is 48.5 Å². The zero-order valence-electron chi connectivity index (χ0n) is 17.8. The molecule has 7 nitrogen and oxygen atoms in total. The van der Waals surface area contributed by atoms with Gasteiger partial charge in [0.2, 0.25) is 5.91 Å². The first-order chi connectivity index (χ1) is 16.1. The second kappa shape index (κ2) is 10.5. The summed E-state index contributed by atoms with van der Waals surface area (Å²) in [6.45, 7) is -1.77. The van der Waals surface area contributed by atoms with Crippen LogP contribution in [0.25, 0.3) is 11.1 Å². The Balaban J connectivity index is 1.64. The Kier molecular flexibility index (Phi) is 7.75. The maximum absolute atomic E-state index is 13.1. The van der Waals surface area contributed by atoms with Gasteiger partial charge in [-0.3, -0.25) is 9.59 Å². The van der Waals surface area contributed by atoms with Crippen LogP contribution >= 0.6 is 0 Å². The van der Waals surface area contributed by atoms with Crippen molar-refractivity contribution in [2.45, 2.75) is 37.1 Å². The van der Waals surface area contributed by atoms with Crippen molar-refractivity contribution in [2.75, 3.05) is 13.2 Å². The predicted octanol–water partition coefficient (Wildman–Crippen LogP) is 3.78. The Hall–Kier alpha value is -3.63. The molecule has 0 heterocycles. The first-order valence-electron chi connectivity index (χ1n) is 10.4. The van der Waals surface area contributed by atoms with Gasteiger partial charge in [-0.2, -0.15) is 8.78 Å². The number of carboxylic acids is 1. The van der Waals surface area contributed by atoms with Crippen molar-refractivity contribution in [2.24, 2.45) is 0 Å². The number of halogens is 4. The van der Waals surface area contributed by atoms with Gasteiger partial charge in [-0.05, 0) is 28.7 Å². The topological polar surface area (TPSA) is 105 Å². The molecule has 2 aromatic rings. The molecule has 0 spiro atoms. The Bertz CT molecular complexity index is 1020. The van der Waals surface area contributed by atoms with Gasteiger partial charge in [0.1, 0.15) is 12.6 Å². The van der Waals surface area contributed by atoms with Crippen molar-refractivity contribution in [3.8, 4) is 11.1 Å². The van der Waals surface area contributed by atoms with Crippen LogP contribution in [0.3, 0.4) is 0 Å². The zero-order chi connectivity index (χ0) is 24.9. The maximum atomic E-state index is 13.1. The average Bonchev–Trinajstić information content (AvgIpc) is 3.12. The molecule has 1 atom stereocenters. The summed E-state index contributed by atoms with van der Waals surface area (Å²) in [4.78, 5) is 35.4. The van der Waals surface area contributed by atoms with E-state index in [9.17, 15) is 31.9 Å². The Morgan fingerprint density at radius 3 is 2.09 bits per heavy atom. The molecule has 182 valence electrons. The van der Waals surface area contributed by atoms with Crippen molar-refractivity contribution >= 4 is 18.0 Å². The lowest BCUT2D eigenvalue weighted by molar-refractivity contribution is -0.139. The largest absolute Gasteiger partial charge is 0.481 e. The lowest BCUT2D eigenvalue weighted by atomic mass is 9.98. The number of fused-ring (bicyclic) bond motifs is 3. The summed E-state index contributed by atoms with van der Waals surface area (Å²) in [6.07, 6.45) is -6.10. The van der Waals surface area contributed by atoms with Crippen LogP contribution in [0.4, 0.5) is 22.4 Å². The number of carbonyl (C=O) groups is 3. The Labute approximate surface area is 192 Å². The molecule has 0 saturated heterocycles. The lowest BCUT2D eigenvalue weighted by Crippen LogP contribution is -2.50. The van der Waals surface area contributed by atoms with E-state index in [-0.39, 0.29) is 12.5 Å². The second-order valence-corrected chi connectivity index (χ2v) is 7.73. The number of ether oxygens (including phenoxy) is 1. The molecule has 1 unspecified atom stereocenters. The fourth-order valence-electron chi connectivity index (χ4n) is 3.72. The van der Waals surface area contributed by atoms with Crippen LogP contribution in [0, 0.1) is 0 Å². The fourth-order valence-corrected chi connectivity index (χ4v) is 3.72. The molecule has 0 aliphatic heterocycles. The number of rotatable bonds is 10. The number of alkyl halides is 4. The maximum Gasteiger partial charge on any atom is 0.407 e. The molecule has 2 aromatic carbocycles. The van der Waals surface area contributed by atoms with Crippen LogP contribution in [0.5, 0.6) is 0 Å². The summed E-state index contributed by atoms with van der Waals surface area (Å²) in [7, 11) is 0. The number of benzene rings is 2. The third-order valence-electron chi connectivity index (χ3n) is 5.42. The molecule has 0 bridgehead atoms. The van der Waals surface area contributed by atoms with E-state index in [1.165, 1.54) is 0 Å². The summed E-state index contributed by atoms with van der Waals surface area (Å²) in [5, 5.41) is 12.6. The molecule has 3 rings (SSSR count). The molecule has 0 fully saturated rings. The van der Waals surface area contributed by atoms with Crippen molar-refractivity contribution in [3.05, 3.63) is 59.7 Å². The monoisotopic (exact) mass is 482 g/mol. The Morgan fingerprint density at radius 1 is 1.00 bits per heavy atom. The summed E-state index contributed by atoms with van der Waals surface area (Å²) in [6, 6.07) is 13.6. The predicted molar refractivity (Wildman–Crippen MR) is 113 cm³/mol. The Morgan fingerprint density at radius 2 is 1.56 bits per heavy atom. The summed E-state index contributed by atoms with van der Waals surface area (Å²) >= 11 is 0. The molecular formula is C23H22F4N2O5. The summed E-state index contributed by atoms with van der Waals surface area (Å²) in [5.41, 5.74) is 3.85. The molecule has 1 aliphatic carbocycles. The molecule has 0 radical (unpaired) electrons. The SMILES string of the molecule is O=C(O)CCC(NC(=O)OCC1c2ccccc2-c2ccccc21)C(=O)NCC(F)(F)C(F)F. The van der Waals surface area contributed by atoms with Crippen LogP contribution in [0.1, 0.15) is 29.9 Å². The first-order valence-corrected chi connectivity index (χ1v) is 10.4. The molecule has 1 aliphatic rings. The third-order valence-corrected chi connectivity index (χ3v) is 5.42. The smallest absolute Gasteiger partial charge is 0.407 e. The second-order valence-electron chi connectivity index (χ2n) is 7.73. The van der Waals surface area contributed by atoms with Crippen molar-refractivity contribution in [3.63, 3.8) is 0 Å². The van der Waals surface area contributed by atoms with Crippen LogP contribution in [-0.2, 0) is 14.3 Å². The average molecular weight is 482 g/mol. The zero-order valence-corrected chi connectivity index (χ0v) is 17.8. The number of nitrogens with one attached hydrogen (secondary N) is 2. The van der Waals surface area contributed by atoms with E-state index in [4.69, 9.17) is 9.84 Å². The third kappa shape index (κ3) is 5.83. The number of amides is 2. The van der Waals surface area contributed by atoms with Gasteiger partial charge in [0.05, 0.1) is 6.54 Å². The number of carbonyl (C=O) groups excluding carboxylic acids is 2. The van der Waals surface area contributed by atoms with Crippen LogP contribution < -0.4 is 10.6 Å². The minimum absolute atomic E-state index is 0.101. The van der Waals surface area contributed by atoms with E-state index in [0.717, 1.165) is 22.3 Å². The highest BCUT2D eigenvalue weighted by molar-refractivity contribution is 5.86. The molecule has 11 heteroatoms. The highest BCUT2D eigenvalue weighted by Crippen LogP contribution is 2.44. The van der Waals surface area contributed by atoms with E-state index in [0.29, 0.717) is 0 Å². The van der Waals surface area contributed by atoms with Crippen molar-refractivity contribution in [1.29, 1.82) is 0 Å². The normalized spacial score (nSPS) is 13.7. The van der Waals surface area contributed by atoms with E-state index < -0.39 is 55.7 Å². The first kappa shape index (κ1) is 25.0. The van der Waals surface area contributed by atoms with E-state index in [2.05, 4.69) is 5.32 Å². The van der Waals surface area contributed by atoms with Gasteiger partial charge in [-0.25, -0.2) is 13.6 Å². The number of carboxylic acid groups (broad SMARTS) is 1. The van der Waals surface area contributed by atoms with Gasteiger partial charge in [-0.1, -0.05) is 48.5 Å². The lowest BCUT2D eigenvalue weighted by Gasteiger charge is -2.21. The van der Waals surface area contributed by atoms with Crippen LogP contribution in [-0.4, -0.2) is 54.6 Å². The molecule has 0 aromatic heterocycles. The minimum atomic E-state index is -4.48. The summed E-state index contributed by atoms with van der Waals surface area (Å²) in [5.74, 6) is -7.29. The number of alkyl carbamates (subject to hydrolysis) is 1. The molecule has 0 saturated carbocycles. The van der Waals surface area contributed by atoms with E-state index in [1.54, 1.807) is 5.32 Å². The van der Waals surface area contributed by atoms with Gasteiger partial charge < -0.3 is 20.5 Å². The van der Waals surface area contributed by atoms with Gasteiger partial charge in [0.15, 0.2) is 0 Å². The highest BCUT2D eigenvalue weighted by Gasteiger charge is 2.41. The highest BCUT2D eigenvalue weighted by atomic mass is 19.3. The number of hydrogen-bond donors (Lipinski definition) is 3. The van der Waals surface area contributed by atoms with Gasteiger partial charge in [-0.15, -0.1) is 0 Å².